The number of carbonyl (C=O) groups excluding carboxylic acids is 1. The molecule has 4 heteroatoms. The van der Waals surface area contributed by atoms with Crippen LogP contribution in [-0.2, 0) is 14.9 Å². The van der Waals surface area contributed by atoms with Crippen molar-refractivity contribution >= 4 is 5.97 Å². The molecule has 0 amide bonds. The topological polar surface area (TPSA) is 46.5 Å². The Bertz CT molecular complexity index is 410. The summed E-state index contributed by atoms with van der Waals surface area (Å²) in [5, 5.41) is 9.03. The molecule has 1 aromatic rings. The van der Waals surface area contributed by atoms with Crippen molar-refractivity contribution in [2.45, 2.75) is 18.3 Å². The van der Waals surface area contributed by atoms with Crippen LogP contribution in [0.15, 0.2) is 18.2 Å². The van der Waals surface area contributed by atoms with Gasteiger partial charge in [-0.3, -0.25) is 4.79 Å². The predicted molar refractivity (Wildman–Crippen MR) is 51.0 cm³/mol. The van der Waals surface area contributed by atoms with E-state index in [-0.39, 0.29) is 5.97 Å². The van der Waals surface area contributed by atoms with E-state index in [4.69, 9.17) is 5.11 Å². The molecule has 1 aliphatic carbocycles. The van der Waals surface area contributed by atoms with Crippen LogP contribution in [0, 0.1) is 5.82 Å². The molecule has 80 valence electrons. The number of methoxy groups -OCH3 is 1. The van der Waals surface area contributed by atoms with Gasteiger partial charge in [-0.05, 0) is 30.5 Å². The molecular formula is C11H11FO3. The van der Waals surface area contributed by atoms with Crippen LogP contribution >= 0.6 is 0 Å². The van der Waals surface area contributed by atoms with Crippen LogP contribution in [0.3, 0.4) is 0 Å². The lowest BCUT2D eigenvalue weighted by atomic mass is 9.96. The highest BCUT2D eigenvalue weighted by Gasteiger charge is 2.52. The molecule has 0 heterocycles. The summed E-state index contributed by atoms with van der Waals surface area (Å²) in [4.78, 5) is 11.5. The monoisotopic (exact) mass is 210 g/mol. The third-order valence-electron chi connectivity index (χ3n) is 2.83. The highest BCUT2D eigenvalue weighted by Crippen LogP contribution is 2.49. The van der Waals surface area contributed by atoms with E-state index in [0.717, 1.165) is 0 Å². The zero-order valence-electron chi connectivity index (χ0n) is 8.29. The van der Waals surface area contributed by atoms with E-state index in [1.165, 1.54) is 19.2 Å². The van der Waals surface area contributed by atoms with Crippen molar-refractivity contribution in [1.29, 1.82) is 0 Å². The molecule has 2 rings (SSSR count). The standard InChI is InChI=1S/C11H11FO3/c1-15-10(14)11(4-5-11)7-2-3-9(13)8(12)6-7/h2-3,6,13H,4-5H2,1H3. The Morgan fingerprint density at radius 1 is 1.53 bits per heavy atom. The molecule has 1 aromatic carbocycles. The maximum absolute atomic E-state index is 13.1. The Morgan fingerprint density at radius 2 is 2.20 bits per heavy atom. The molecule has 0 atom stereocenters. The second-order valence-electron chi connectivity index (χ2n) is 3.74. The zero-order valence-corrected chi connectivity index (χ0v) is 8.29. The van der Waals surface area contributed by atoms with Crippen LogP contribution in [0.25, 0.3) is 0 Å². The van der Waals surface area contributed by atoms with Crippen molar-refractivity contribution in [3.63, 3.8) is 0 Å². The number of ether oxygens (including phenoxy) is 1. The molecule has 0 aromatic heterocycles. The maximum Gasteiger partial charge on any atom is 0.316 e. The van der Waals surface area contributed by atoms with Crippen LogP contribution < -0.4 is 0 Å². The number of phenols is 1. The molecule has 15 heavy (non-hydrogen) atoms. The number of esters is 1. The number of hydrogen-bond donors (Lipinski definition) is 1. The van der Waals surface area contributed by atoms with Gasteiger partial charge in [0.05, 0.1) is 12.5 Å². The van der Waals surface area contributed by atoms with Crippen molar-refractivity contribution in [2.24, 2.45) is 0 Å². The SMILES string of the molecule is COC(=O)C1(c2ccc(O)c(F)c2)CC1. The van der Waals surface area contributed by atoms with Crippen molar-refractivity contribution in [3.8, 4) is 5.75 Å². The van der Waals surface area contributed by atoms with Gasteiger partial charge in [-0.25, -0.2) is 4.39 Å². The number of rotatable bonds is 2. The first kappa shape index (κ1) is 9.96. The minimum atomic E-state index is -0.706. The molecule has 1 saturated carbocycles. The zero-order chi connectivity index (χ0) is 11.1. The lowest BCUT2D eigenvalue weighted by Crippen LogP contribution is -2.21. The van der Waals surface area contributed by atoms with E-state index in [9.17, 15) is 9.18 Å². The lowest BCUT2D eigenvalue weighted by molar-refractivity contribution is -0.143. The lowest BCUT2D eigenvalue weighted by Gasteiger charge is -2.12. The van der Waals surface area contributed by atoms with Crippen molar-refractivity contribution in [1.82, 2.24) is 0 Å². The minimum Gasteiger partial charge on any atom is -0.505 e. The Labute approximate surface area is 86.5 Å². The van der Waals surface area contributed by atoms with E-state index >= 15 is 0 Å². The summed E-state index contributed by atoms with van der Waals surface area (Å²) in [7, 11) is 1.32. The first-order valence-electron chi connectivity index (χ1n) is 4.67. The Balaban J connectivity index is 2.38. The number of benzene rings is 1. The van der Waals surface area contributed by atoms with Gasteiger partial charge in [-0.1, -0.05) is 6.07 Å². The number of halogens is 1. The fourth-order valence-electron chi connectivity index (χ4n) is 1.74. The van der Waals surface area contributed by atoms with Gasteiger partial charge < -0.3 is 9.84 Å². The van der Waals surface area contributed by atoms with Crippen LogP contribution in [0.1, 0.15) is 18.4 Å². The third kappa shape index (κ3) is 1.46. The predicted octanol–water partition coefficient (Wildman–Crippen LogP) is 1.74. The largest absolute Gasteiger partial charge is 0.505 e. The van der Waals surface area contributed by atoms with Crippen molar-refractivity contribution < 1.29 is 19.0 Å². The summed E-state index contributed by atoms with van der Waals surface area (Å²) >= 11 is 0. The molecule has 3 nitrogen and oxygen atoms in total. The summed E-state index contributed by atoms with van der Waals surface area (Å²) in [5.41, 5.74) is -0.104. The Kier molecular flexibility index (Phi) is 2.14. The molecule has 0 aliphatic heterocycles. The van der Waals surface area contributed by atoms with Crippen molar-refractivity contribution in [3.05, 3.63) is 29.6 Å². The second-order valence-corrected chi connectivity index (χ2v) is 3.74. The second kappa shape index (κ2) is 3.22. The van der Waals surface area contributed by atoms with Gasteiger partial charge in [-0.15, -0.1) is 0 Å². The average molecular weight is 210 g/mol. The Morgan fingerprint density at radius 3 is 2.67 bits per heavy atom. The van der Waals surface area contributed by atoms with Gasteiger partial charge in [0.15, 0.2) is 11.6 Å². The molecule has 0 bridgehead atoms. The number of aromatic hydroxyl groups is 1. The molecule has 1 aliphatic rings. The van der Waals surface area contributed by atoms with Crippen LogP contribution in [0.4, 0.5) is 4.39 Å². The fourth-order valence-corrected chi connectivity index (χ4v) is 1.74. The molecule has 1 N–H and O–H groups in total. The van der Waals surface area contributed by atoms with Gasteiger partial charge in [0, 0.05) is 0 Å². The van der Waals surface area contributed by atoms with Gasteiger partial charge >= 0.3 is 5.97 Å². The molecule has 1 fully saturated rings. The van der Waals surface area contributed by atoms with Gasteiger partial charge in [0.1, 0.15) is 0 Å². The fraction of sp³-hybridized carbons (Fsp3) is 0.364. The molecule has 0 spiro atoms. The van der Waals surface area contributed by atoms with Crippen LogP contribution in [0.5, 0.6) is 5.75 Å². The van der Waals surface area contributed by atoms with Gasteiger partial charge in [0.25, 0.3) is 0 Å². The first-order chi connectivity index (χ1) is 7.10. The third-order valence-corrected chi connectivity index (χ3v) is 2.83. The number of phenolic OH excluding ortho intramolecular Hbond substituents is 1. The molecular weight excluding hydrogens is 199 g/mol. The normalized spacial score (nSPS) is 17.2. The first-order valence-corrected chi connectivity index (χ1v) is 4.67. The highest BCUT2D eigenvalue weighted by atomic mass is 19.1. The van der Waals surface area contributed by atoms with Crippen LogP contribution in [-0.4, -0.2) is 18.2 Å². The summed E-state index contributed by atoms with van der Waals surface area (Å²) in [6.45, 7) is 0. The highest BCUT2D eigenvalue weighted by molar-refractivity contribution is 5.86. The Hall–Kier alpha value is -1.58. The van der Waals surface area contributed by atoms with Gasteiger partial charge in [0.2, 0.25) is 0 Å². The van der Waals surface area contributed by atoms with E-state index < -0.39 is 17.0 Å². The maximum atomic E-state index is 13.1. The average Bonchev–Trinajstić information content (AvgIpc) is 3.02. The van der Waals surface area contributed by atoms with E-state index in [1.807, 2.05) is 0 Å². The van der Waals surface area contributed by atoms with E-state index in [2.05, 4.69) is 4.74 Å². The van der Waals surface area contributed by atoms with Crippen molar-refractivity contribution in [2.75, 3.05) is 7.11 Å². The van der Waals surface area contributed by atoms with E-state index in [1.54, 1.807) is 6.07 Å². The number of carbonyl (C=O) groups is 1. The smallest absolute Gasteiger partial charge is 0.316 e. The van der Waals surface area contributed by atoms with E-state index in [0.29, 0.717) is 18.4 Å². The minimum absolute atomic E-state index is 0.340. The molecule has 0 unspecified atom stereocenters. The quantitative estimate of drug-likeness (QED) is 0.756. The summed E-state index contributed by atoms with van der Waals surface area (Å²) in [6, 6.07) is 4.01. The summed E-state index contributed by atoms with van der Waals surface area (Å²) in [6.07, 6.45) is 1.34. The van der Waals surface area contributed by atoms with Gasteiger partial charge in [-0.2, -0.15) is 0 Å². The summed E-state index contributed by atoms with van der Waals surface area (Å²) < 4.78 is 17.8. The molecule has 0 radical (unpaired) electrons. The number of hydrogen-bond acceptors (Lipinski definition) is 3. The molecule has 0 saturated heterocycles. The summed E-state index contributed by atoms with van der Waals surface area (Å²) in [5.74, 6) is -1.45. The van der Waals surface area contributed by atoms with Crippen LogP contribution in [0.2, 0.25) is 0 Å².